The Morgan fingerprint density at radius 1 is 0.913 bits per heavy atom. The van der Waals surface area contributed by atoms with Crippen LogP contribution in [0.25, 0.3) is 0 Å². The van der Waals surface area contributed by atoms with Crippen molar-refractivity contribution in [1.29, 1.82) is 0 Å². The van der Waals surface area contributed by atoms with E-state index in [1.54, 1.807) is 58.9 Å². The maximum Gasteiger partial charge on any atom is 0.407 e. The number of ether oxygens (including phenoxy) is 2. The summed E-state index contributed by atoms with van der Waals surface area (Å²) in [6.45, 7) is 9.23. The highest BCUT2D eigenvalue weighted by Crippen LogP contribution is 2.22. The van der Waals surface area contributed by atoms with Gasteiger partial charge in [0.25, 0.3) is 11.8 Å². The van der Waals surface area contributed by atoms with Crippen LogP contribution in [-0.4, -0.2) is 85.5 Å². The van der Waals surface area contributed by atoms with Crippen molar-refractivity contribution in [3.63, 3.8) is 0 Å². The first-order valence-corrected chi connectivity index (χ1v) is 15.9. The summed E-state index contributed by atoms with van der Waals surface area (Å²) in [4.78, 5) is 52.9. The number of rotatable bonds is 16. The van der Waals surface area contributed by atoms with E-state index in [1.165, 1.54) is 19.2 Å². The van der Waals surface area contributed by atoms with Crippen LogP contribution in [-0.2, 0) is 36.8 Å². The van der Waals surface area contributed by atoms with E-state index in [-0.39, 0.29) is 32.0 Å². The minimum Gasteiger partial charge on any atom is -0.453 e. The number of hydrogen-bond acceptors (Lipinski definition) is 8. The molecule has 3 atom stereocenters. The molecule has 0 spiro atoms. The van der Waals surface area contributed by atoms with Gasteiger partial charge in [-0.05, 0) is 34.6 Å². The number of carbonyl (C=O) groups is 4. The second-order valence-corrected chi connectivity index (χ2v) is 13.5. The van der Waals surface area contributed by atoms with Crippen molar-refractivity contribution in [3.8, 4) is 0 Å². The van der Waals surface area contributed by atoms with Gasteiger partial charge in [0.1, 0.15) is 12.1 Å². The first kappa shape index (κ1) is 38.7. The van der Waals surface area contributed by atoms with Crippen LogP contribution in [0.5, 0.6) is 0 Å². The van der Waals surface area contributed by atoms with E-state index in [2.05, 4.69) is 37.3 Å². The maximum absolute atomic E-state index is 14.0. The van der Waals surface area contributed by atoms with Crippen molar-refractivity contribution < 1.29 is 33.8 Å². The fourth-order valence-electron chi connectivity index (χ4n) is 4.67. The normalized spacial score (nSPS) is 14.2. The van der Waals surface area contributed by atoms with Gasteiger partial charge in [-0.25, -0.2) is 9.80 Å². The van der Waals surface area contributed by atoms with Gasteiger partial charge in [0, 0.05) is 31.1 Å². The summed E-state index contributed by atoms with van der Waals surface area (Å²) in [7, 11) is 2.73. The lowest BCUT2D eigenvalue weighted by atomic mass is 9.86. The Balaban J connectivity index is 2.51. The van der Waals surface area contributed by atoms with E-state index in [4.69, 9.17) is 9.47 Å². The number of alkyl carbamates (subject to hydrolysis) is 1. The molecule has 5 N–H and O–H groups in total. The molecule has 0 radical (unpaired) electrons. The number of nitrogens with zero attached hydrogens (tertiary/aromatic N) is 1. The van der Waals surface area contributed by atoms with Crippen molar-refractivity contribution in [3.05, 3.63) is 70.2 Å². The molecule has 46 heavy (non-hydrogen) atoms. The maximum atomic E-state index is 14.0. The number of hydrazine groups is 1. The third-order valence-corrected chi connectivity index (χ3v) is 7.72. The van der Waals surface area contributed by atoms with Crippen molar-refractivity contribution in [2.45, 2.75) is 65.3 Å². The molecule has 2 aromatic carbocycles. The highest BCUT2D eigenvalue weighted by Gasteiger charge is 2.42. The Morgan fingerprint density at radius 2 is 1.54 bits per heavy atom. The molecule has 254 valence electrons. The molecule has 0 aromatic heterocycles. The van der Waals surface area contributed by atoms with Crippen LogP contribution < -0.4 is 21.4 Å². The van der Waals surface area contributed by atoms with Gasteiger partial charge in [-0.15, -0.1) is 0 Å². The van der Waals surface area contributed by atoms with E-state index in [0.29, 0.717) is 12.2 Å². The summed E-state index contributed by atoms with van der Waals surface area (Å²) in [5.74, 6) is -2.07. The summed E-state index contributed by atoms with van der Waals surface area (Å²) < 4.78 is 10.6. The number of benzene rings is 2. The predicted molar refractivity (Wildman–Crippen MR) is 178 cm³/mol. The van der Waals surface area contributed by atoms with Gasteiger partial charge in [-0.3, -0.25) is 19.8 Å². The van der Waals surface area contributed by atoms with E-state index in [1.807, 2.05) is 30.3 Å². The molecule has 0 aliphatic heterocycles. The number of halogens is 1. The second-order valence-electron chi connectivity index (χ2n) is 12.6. The van der Waals surface area contributed by atoms with Crippen molar-refractivity contribution in [2.24, 2.45) is 11.3 Å². The summed E-state index contributed by atoms with van der Waals surface area (Å²) >= 11 is 3.43. The van der Waals surface area contributed by atoms with Gasteiger partial charge in [0.2, 0.25) is 5.91 Å². The van der Waals surface area contributed by atoms with Crippen LogP contribution in [0.1, 0.15) is 45.7 Å². The fourth-order valence-corrected chi connectivity index (χ4v) is 4.94. The second kappa shape index (κ2) is 18.0. The number of carbonyl (C=O) groups excluding carboxylic acids is 4. The third-order valence-electron chi connectivity index (χ3n) is 7.19. The van der Waals surface area contributed by atoms with E-state index < -0.39 is 46.9 Å². The van der Waals surface area contributed by atoms with Crippen molar-refractivity contribution in [2.75, 3.05) is 33.9 Å². The van der Waals surface area contributed by atoms with Gasteiger partial charge in [-0.2, -0.15) is 0 Å². The Labute approximate surface area is 280 Å². The zero-order valence-electron chi connectivity index (χ0n) is 27.7. The first-order valence-electron chi connectivity index (χ1n) is 15.1. The smallest absolute Gasteiger partial charge is 0.407 e. The molecule has 13 heteroatoms. The molecule has 0 aliphatic rings. The van der Waals surface area contributed by atoms with E-state index >= 15 is 0 Å². The largest absolute Gasteiger partial charge is 0.453 e. The Morgan fingerprint density at radius 3 is 2.09 bits per heavy atom. The lowest BCUT2D eigenvalue weighted by Crippen LogP contribution is -2.63. The van der Waals surface area contributed by atoms with Gasteiger partial charge in [0.15, 0.2) is 5.60 Å². The molecule has 0 fully saturated rings. The number of hydrogen-bond donors (Lipinski definition) is 5. The van der Waals surface area contributed by atoms with Crippen LogP contribution in [0.4, 0.5) is 4.79 Å². The van der Waals surface area contributed by atoms with E-state index in [0.717, 1.165) is 10.0 Å². The lowest BCUT2D eigenvalue weighted by Gasteiger charge is -2.37. The number of aliphatic hydroxyl groups is 1. The molecule has 0 saturated carbocycles. The summed E-state index contributed by atoms with van der Waals surface area (Å²) in [5.41, 5.74) is 1.43. The molecule has 0 saturated heterocycles. The number of amides is 4. The van der Waals surface area contributed by atoms with Crippen LogP contribution >= 0.6 is 15.9 Å². The molecule has 0 heterocycles. The standard InChI is InChI=1S/C33H48BrN5O7/c1-22(2)26(28(40)35-17-18-45-6)36-30(42)33(44,19-23-11-9-8-10-12-23)21-39(20-24-13-15-25(34)16-14-24)38-29(41)27(32(3,4)5)37-31(43)46-7/h8-16,22,26-27,44H,17-21H2,1-7H3,(H,35,40)(H,36,42)(H,37,43)(H,38,41)/t26-,27+,33-/m0/s1. The highest BCUT2D eigenvalue weighted by molar-refractivity contribution is 9.10. The lowest BCUT2D eigenvalue weighted by molar-refractivity contribution is -0.148. The Hall–Kier alpha value is -3.52. The zero-order valence-corrected chi connectivity index (χ0v) is 29.3. The molecule has 0 bridgehead atoms. The molecule has 12 nitrogen and oxygen atoms in total. The fraction of sp³-hybridized carbons (Fsp3) is 0.515. The van der Waals surface area contributed by atoms with E-state index in [9.17, 15) is 24.3 Å². The first-order chi connectivity index (χ1) is 21.6. The Kier molecular flexibility index (Phi) is 15.1. The van der Waals surface area contributed by atoms with Gasteiger partial charge >= 0.3 is 6.09 Å². The van der Waals surface area contributed by atoms with Crippen LogP contribution in [0.15, 0.2) is 59.1 Å². The predicted octanol–water partition coefficient (Wildman–Crippen LogP) is 2.93. The zero-order chi connectivity index (χ0) is 34.5. The topological polar surface area (TPSA) is 158 Å². The molecular formula is C33H48BrN5O7. The molecule has 4 amide bonds. The third kappa shape index (κ3) is 12.3. The minimum absolute atomic E-state index is 0.101. The SMILES string of the molecule is COCCNC(=O)[C@@H](NC(=O)[C@](O)(Cc1ccccc1)CN(Cc1ccc(Br)cc1)NC(=O)[C@@H](NC(=O)OC)C(C)(C)C)C(C)C. The van der Waals surface area contributed by atoms with Crippen LogP contribution in [0, 0.1) is 11.3 Å². The van der Waals surface area contributed by atoms with Crippen LogP contribution in [0.3, 0.4) is 0 Å². The average Bonchev–Trinajstić information content (AvgIpc) is 2.99. The van der Waals surface area contributed by atoms with Crippen molar-refractivity contribution >= 4 is 39.7 Å². The molecule has 0 unspecified atom stereocenters. The molecule has 2 aromatic rings. The monoisotopic (exact) mass is 705 g/mol. The van der Waals surface area contributed by atoms with Gasteiger partial charge in [-0.1, -0.05) is 93.0 Å². The molecular weight excluding hydrogens is 658 g/mol. The quantitative estimate of drug-likeness (QED) is 0.132. The van der Waals surface area contributed by atoms with Crippen molar-refractivity contribution in [1.82, 2.24) is 26.4 Å². The summed E-state index contributed by atoms with van der Waals surface area (Å²) in [5, 5.41) is 21.7. The highest BCUT2D eigenvalue weighted by atomic mass is 79.9. The van der Waals surface area contributed by atoms with Crippen LogP contribution in [0.2, 0.25) is 0 Å². The Bertz CT molecular complexity index is 1290. The van der Waals surface area contributed by atoms with Gasteiger partial charge < -0.3 is 30.5 Å². The molecule has 2 rings (SSSR count). The number of methoxy groups -OCH3 is 2. The minimum atomic E-state index is -2.11. The summed E-state index contributed by atoms with van der Waals surface area (Å²) in [6.07, 6.45) is -0.899. The molecule has 0 aliphatic carbocycles. The average molecular weight is 707 g/mol. The number of nitrogens with one attached hydrogen (secondary N) is 4. The van der Waals surface area contributed by atoms with Gasteiger partial charge in [0.05, 0.1) is 20.3 Å². The summed E-state index contributed by atoms with van der Waals surface area (Å²) in [6, 6.07) is 14.4.